The fraction of sp³-hybridized carbons (Fsp3) is 0. The molecule has 10 heteroatoms. The van der Waals surface area contributed by atoms with E-state index in [1.165, 1.54) is 24.3 Å². The van der Waals surface area contributed by atoms with E-state index < -0.39 is 9.85 Å². The van der Waals surface area contributed by atoms with Gasteiger partial charge in [0, 0.05) is 29.8 Å². The maximum Gasteiger partial charge on any atom is 0.269 e. The molecular formula is C26H20N6O4. The predicted molar refractivity (Wildman–Crippen MR) is 135 cm³/mol. The van der Waals surface area contributed by atoms with Crippen molar-refractivity contribution in [3.05, 3.63) is 136 Å². The largest absolute Gasteiger partial charge is 0.269 e. The van der Waals surface area contributed by atoms with Crippen molar-refractivity contribution in [2.45, 2.75) is 0 Å². The monoisotopic (exact) mass is 480 g/mol. The van der Waals surface area contributed by atoms with Gasteiger partial charge in [-0.3, -0.25) is 20.2 Å². The Morgan fingerprint density at radius 1 is 0.583 bits per heavy atom. The SMILES string of the molecule is O=[N+]([O-])c1ccc(-n2[nH]n(-c3ccccc3)n(-c3ccc([N+](=O)[O-])cc3)cc2-c2ccccc2)cc1. The number of para-hydroxylation sites is 1. The molecule has 36 heavy (non-hydrogen) atoms. The number of benzene rings is 4. The molecule has 0 fully saturated rings. The highest BCUT2D eigenvalue weighted by Crippen LogP contribution is 2.26. The van der Waals surface area contributed by atoms with Gasteiger partial charge in [0.1, 0.15) is 0 Å². The lowest BCUT2D eigenvalue weighted by Crippen LogP contribution is -2.22. The average Bonchev–Trinajstić information content (AvgIpc) is 2.93. The lowest BCUT2D eigenvalue weighted by molar-refractivity contribution is -0.385. The molecule has 0 unspecified atom stereocenters. The number of rotatable bonds is 6. The van der Waals surface area contributed by atoms with Gasteiger partial charge in [0.25, 0.3) is 11.4 Å². The van der Waals surface area contributed by atoms with Gasteiger partial charge in [-0.1, -0.05) is 48.5 Å². The maximum atomic E-state index is 11.2. The summed E-state index contributed by atoms with van der Waals surface area (Å²) in [5.41, 5.74) is 3.81. The van der Waals surface area contributed by atoms with Gasteiger partial charge in [0.15, 0.2) is 0 Å². The summed E-state index contributed by atoms with van der Waals surface area (Å²) in [5.74, 6) is 0. The second-order valence-electron chi connectivity index (χ2n) is 7.85. The highest BCUT2D eigenvalue weighted by molar-refractivity contribution is 5.61. The molecule has 0 aliphatic carbocycles. The van der Waals surface area contributed by atoms with E-state index in [1.807, 2.05) is 76.2 Å². The van der Waals surface area contributed by atoms with Crippen molar-refractivity contribution < 1.29 is 9.85 Å². The zero-order chi connectivity index (χ0) is 25.1. The number of nitro groups is 2. The minimum absolute atomic E-state index is 0.00486. The van der Waals surface area contributed by atoms with Gasteiger partial charge in [-0.15, -0.1) is 0 Å². The Hall–Kier alpha value is -5.38. The number of nitrogens with one attached hydrogen (secondary N) is 1. The first-order valence-electron chi connectivity index (χ1n) is 11.0. The number of nitrogens with zero attached hydrogens (tertiary/aromatic N) is 5. The van der Waals surface area contributed by atoms with E-state index in [2.05, 4.69) is 5.21 Å². The number of nitro benzene ring substituents is 2. The molecule has 1 N–H and O–H groups in total. The molecule has 0 saturated carbocycles. The molecule has 0 bridgehead atoms. The van der Waals surface area contributed by atoms with Crippen molar-refractivity contribution >= 4 is 11.4 Å². The third kappa shape index (κ3) is 4.38. The Morgan fingerprint density at radius 2 is 1.08 bits per heavy atom. The predicted octanol–water partition coefficient (Wildman–Crippen LogP) is 5.99. The first-order chi connectivity index (χ1) is 17.5. The maximum absolute atomic E-state index is 11.2. The highest BCUT2D eigenvalue weighted by Gasteiger charge is 2.14. The first-order valence-corrected chi connectivity index (χ1v) is 11.0. The van der Waals surface area contributed by atoms with E-state index in [1.54, 1.807) is 29.1 Å². The van der Waals surface area contributed by atoms with Crippen molar-refractivity contribution in [1.82, 2.24) is 19.4 Å². The fourth-order valence-electron chi connectivity index (χ4n) is 3.83. The zero-order valence-corrected chi connectivity index (χ0v) is 18.8. The van der Waals surface area contributed by atoms with Crippen LogP contribution in [0.1, 0.15) is 0 Å². The molecule has 1 heterocycles. The summed E-state index contributed by atoms with van der Waals surface area (Å²) in [4.78, 5) is 23.3. The van der Waals surface area contributed by atoms with Gasteiger partial charge in [0.2, 0.25) is 0 Å². The molecule has 0 aliphatic heterocycles. The van der Waals surface area contributed by atoms with Crippen LogP contribution in [0, 0.1) is 20.2 Å². The Morgan fingerprint density at radius 3 is 1.61 bits per heavy atom. The van der Waals surface area contributed by atoms with Crippen LogP contribution < -0.4 is 0 Å². The van der Waals surface area contributed by atoms with E-state index in [9.17, 15) is 20.2 Å². The van der Waals surface area contributed by atoms with E-state index in [0.717, 1.165) is 16.9 Å². The number of aromatic amines is 1. The molecule has 1 aromatic heterocycles. The number of H-pyrrole nitrogens is 1. The summed E-state index contributed by atoms with van der Waals surface area (Å²) < 4.78 is 3.68. The minimum Gasteiger partial charge on any atom is -0.258 e. The lowest BCUT2D eigenvalue weighted by atomic mass is 10.1. The molecule has 5 rings (SSSR count). The molecule has 178 valence electrons. The zero-order valence-electron chi connectivity index (χ0n) is 18.8. The van der Waals surface area contributed by atoms with Gasteiger partial charge < -0.3 is 0 Å². The van der Waals surface area contributed by atoms with Gasteiger partial charge in [0.05, 0.1) is 38.8 Å². The molecule has 0 radical (unpaired) electrons. The van der Waals surface area contributed by atoms with Crippen LogP contribution in [0.15, 0.2) is 115 Å². The molecular weight excluding hydrogens is 460 g/mol. The number of non-ortho nitro benzene ring substituents is 2. The smallest absolute Gasteiger partial charge is 0.258 e. The minimum atomic E-state index is -0.437. The van der Waals surface area contributed by atoms with E-state index >= 15 is 0 Å². The van der Waals surface area contributed by atoms with Crippen LogP contribution in [-0.2, 0) is 0 Å². The van der Waals surface area contributed by atoms with Crippen LogP contribution in [0.3, 0.4) is 0 Å². The normalized spacial score (nSPS) is 10.7. The van der Waals surface area contributed by atoms with Crippen LogP contribution >= 0.6 is 0 Å². The quantitative estimate of drug-likeness (QED) is 0.237. The first kappa shape index (κ1) is 22.4. The number of hydrogen-bond acceptors (Lipinski definition) is 4. The molecule has 0 atom stereocenters. The van der Waals surface area contributed by atoms with Crippen molar-refractivity contribution in [1.29, 1.82) is 0 Å². The Kier molecular flexibility index (Phi) is 5.90. The Balaban J connectivity index is 1.79. The summed E-state index contributed by atoms with van der Waals surface area (Å²) >= 11 is 0. The Bertz CT molecular complexity index is 1440. The highest BCUT2D eigenvalue weighted by atomic mass is 16.6. The molecule has 0 saturated heterocycles. The van der Waals surface area contributed by atoms with E-state index in [4.69, 9.17) is 0 Å². The van der Waals surface area contributed by atoms with Crippen LogP contribution in [0.25, 0.3) is 28.3 Å². The number of aromatic nitrogens is 4. The van der Waals surface area contributed by atoms with Gasteiger partial charge in [-0.25, -0.2) is 14.6 Å². The number of hydrogen-bond donors (Lipinski definition) is 1. The summed E-state index contributed by atoms with van der Waals surface area (Å²) in [7, 11) is 0. The topological polar surface area (TPSA) is 117 Å². The van der Waals surface area contributed by atoms with Crippen molar-refractivity contribution in [3.63, 3.8) is 0 Å². The van der Waals surface area contributed by atoms with Crippen LogP contribution in [-0.4, -0.2) is 29.2 Å². The third-order valence-corrected chi connectivity index (χ3v) is 5.61. The summed E-state index contributed by atoms with van der Waals surface area (Å²) in [6, 6.07) is 31.7. The average molecular weight is 480 g/mol. The van der Waals surface area contributed by atoms with Crippen molar-refractivity contribution in [2.24, 2.45) is 0 Å². The standard InChI is InChI=1S/C26H20N6O4/c33-31(34)24-15-11-21(12-16-24)28-19-26(20-7-3-1-4-8-20)29(22-13-17-25(18-14-22)32(35)36)27-30(28)23-9-5-2-6-10-23/h1-19,27H. The van der Waals surface area contributed by atoms with Crippen LogP contribution in [0.4, 0.5) is 11.4 Å². The molecule has 0 aliphatic rings. The van der Waals surface area contributed by atoms with E-state index in [0.29, 0.717) is 11.4 Å². The Labute approximate surface area is 204 Å². The van der Waals surface area contributed by atoms with Gasteiger partial charge in [-0.2, -0.15) is 4.80 Å². The third-order valence-electron chi connectivity index (χ3n) is 5.61. The van der Waals surface area contributed by atoms with E-state index in [-0.39, 0.29) is 11.4 Å². The summed E-state index contributed by atoms with van der Waals surface area (Å²) in [6.45, 7) is 0. The van der Waals surface area contributed by atoms with Gasteiger partial charge in [-0.05, 0) is 36.4 Å². The second kappa shape index (κ2) is 9.47. The molecule has 5 aromatic rings. The second-order valence-corrected chi connectivity index (χ2v) is 7.85. The molecule has 4 aromatic carbocycles. The molecule has 0 spiro atoms. The summed E-state index contributed by atoms with van der Waals surface area (Å²) in [5, 5.41) is 25.8. The molecule has 10 nitrogen and oxygen atoms in total. The van der Waals surface area contributed by atoms with Crippen molar-refractivity contribution in [2.75, 3.05) is 0 Å². The van der Waals surface area contributed by atoms with Gasteiger partial charge >= 0.3 is 0 Å². The van der Waals surface area contributed by atoms with Crippen LogP contribution in [0.5, 0.6) is 0 Å². The van der Waals surface area contributed by atoms with Crippen molar-refractivity contribution in [3.8, 4) is 28.3 Å². The fourth-order valence-corrected chi connectivity index (χ4v) is 3.83. The lowest BCUT2D eigenvalue weighted by Gasteiger charge is -2.24. The molecule has 0 amide bonds. The summed E-state index contributed by atoms with van der Waals surface area (Å²) in [6.07, 6.45) is 1.90. The van der Waals surface area contributed by atoms with Crippen LogP contribution in [0.2, 0.25) is 0 Å².